The number of nitrogens with zero attached hydrogens (tertiary/aromatic N) is 1. The van der Waals surface area contributed by atoms with Crippen molar-refractivity contribution < 1.29 is 0 Å². The standard InChI is InChI=1S/C15H30N2/c1-13(2)11-17(9-7-8-16-13)10-12-14(3,4)15(12,5)6/h12,16H,7-11H2,1-6H3. The van der Waals surface area contributed by atoms with Gasteiger partial charge in [0.2, 0.25) is 0 Å². The highest BCUT2D eigenvalue weighted by atomic mass is 15.2. The summed E-state index contributed by atoms with van der Waals surface area (Å²) in [5.74, 6) is 0.865. The molecule has 2 heteroatoms. The average Bonchev–Trinajstić information content (AvgIpc) is 2.63. The van der Waals surface area contributed by atoms with Crippen molar-refractivity contribution in [2.24, 2.45) is 16.7 Å². The molecule has 1 aliphatic heterocycles. The second kappa shape index (κ2) is 3.96. The van der Waals surface area contributed by atoms with Crippen molar-refractivity contribution in [3.05, 3.63) is 0 Å². The monoisotopic (exact) mass is 238 g/mol. The summed E-state index contributed by atoms with van der Waals surface area (Å²) in [4.78, 5) is 2.68. The van der Waals surface area contributed by atoms with Gasteiger partial charge < -0.3 is 10.2 Å². The van der Waals surface area contributed by atoms with Crippen molar-refractivity contribution in [1.82, 2.24) is 10.2 Å². The smallest absolute Gasteiger partial charge is 0.0252 e. The van der Waals surface area contributed by atoms with Crippen LogP contribution < -0.4 is 5.32 Å². The van der Waals surface area contributed by atoms with Gasteiger partial charge in [-0.25, -0.2) is 0 Å². The van der Waals surface area contributed by atoms with Gasteiger partial charge in [-0.15, -0.1) is 0 Å². The van der Waals surface area contributed by atoms with E-state index in [2.05, 4.69) is 51.8 Å². The van der Waals surface area contributed by atoms with Crippen LogP contribution >= 0.6 is 0 Å². The van der Waals surface area contributed by atoms with Crippen LogP contribution in [0.2, 0.25) is 0 Å². The summed E-state index contributed by atoms with van der Waals surface area (Å²) in [5.41, 5.74) is 1.33. The van der Waals surface area contributed by atoms with Gasteiger partial charge in [0, 0.05) is 18.6 Å². The molecule has 2 nitrogen and oxygen atoms in total. The Bertz CT molecular complexity index is 277. The Morgan fingerprint density at radius 1 is 1.06 bits per heavy atom. The number of hydrogen-bond donors (Lipinski definition) is 1. The van der Waals surface area contributed by atoms with Crippen molar-refractivity contribution in [2.75, 3.05) is 26.2 Å². The van der Waals surface area contributed by atoms with Crippen molar-refractivity contribution in [2.45, 2.75) is 53.5 Å². The highest BCUT2D eigenvalue weighted by Gasteiger charge is 2.64. The van der Waals surface area contributed by atoms with E-state index in [4.69, 9.17) is 0 Å². The molecule has 0 radical (unpaired) electrons. The van der Waals surface area contributed by atoms with E-state index in [-0.39, 0.29) is 5.54 Å². The molecule has 2 aliphatic rings. The van der Waals surface area contributed by atoms with Gasteiger partial charge in [0.15, 0.2) is 0 Å². The normalized spacial score (nSPS) is 32.1. The van der Waals surface area contributed by atoms with E-state index < -0.39 is 0 Å². The lowest BCUT2D eigenvalue weighted by Crippen LogP contribution is -2.47. The highest BCUT2D eigenvalue weighted by Crippen LogP contribution is 2.68. The number of hydrogen-bond acceptors (Lipinski definition) is 2. The fourth-order valence-corrected chi connectivity index (χ4v) is 3.63. The Morgan fingerprint density at radius 2 is 1.65 bits per heavy atom. The lowest BCUT2D eigenvalue weighted by Gasteiger charge is -2.30. The minimum atomic E-state index is 0.277. The van der Waals surface area contributed by atoms with E-state index in [1.54, 1.807) is 0 Å². The first-order valence-corrected chi connectivity index (χ1v) is 7.14. The minimum Gasteiger partial charge on any atom is -0.310 e. The van der Waals surface area contributed by atoms with Crippen LogP contribution in [0.5, 0.6) is 0 Å². The Labute approximate surface area is 107 Å². The predicted molar refractivity (Wildman–Crippen MR) is 74.2 cm³/mol. The van der Waals surface area contributed by atoms with Crippen molar-refractivity contribution in [3.8, 4) is 0 Å². The van der Waals surface area contributed by atoms with Gasteiger partial charge in [-0.05, 0) is 50.1 Å². The molecule has 1 N–H and O–H groups in total. The molecule has 2 fully saturated rings. The van der Waals surface area contributed by atoms with Crippen LogP contribution in [0.1, 0.15) is 48.0 Å². The molecule has 0 atom stereocenters. The SMILES string of the molecule is CC1(C)CN(CC2C(C)(C)C2(C)C)CCCN1. The predicted octanol–water partition coefficient (Wildman–Crippen LogP) is 2.74. The lowest BCUT2D eigenvalue weighted by molar-refractivity contribution is 0.211. The largest absolute Gasteiger partial charge is 0.310 e. The molecule has 0 aromatic rings. The molecule has 2 rings (SSSR count). The van der Waals surface area contributed by atoms with Crippen molar-refractivity contribution in [1.29, 1.82) is 0 Å². The number of rotatable bonds is 2. The van der Waals surface area contributed by atoms with E-state index in [0.29, 0.717) is 10.8 Å². The van der Waals surface area contributed by atoms with Crippen molar-refractivity contribution >= 4 is 0 Å². The molecule has 1 saturated carbocycles. The molecule has 100 valence electrons. The topological polar surface area (TPSA) is 15.3 Å². The molecule has 0 spiro atoms. The molecule has 1 aliphatic carbocycles. The van der Waals surface area contributed by atoms with Crippen LogP contribution in [0.15, 0.2) is 0 Å². The van der Waals surface area contributed by atoms with Gasteiger partial charge in [0.1, 0.15) is 0 Å². The third-order valence-electron chi connectivity index (χ3n) is 5.63. The summed E-state index contributed by atoms with van der Waals surface area (Å²) in [6, 6.07) is 0. The van der Waals surface area contributed by atoms with E-state index >= 15 is 0 Å². The first kappa shape index (κ1) is 13.4. The fraction of sp³-hybridized carbons (Fsp3) is 1.00. The van der Waals surface area contributed by atoms with E-state index in [1.807, 2.05) is 0 Å². The Balaban J connectivity index is 1.96. The summed E-state index contributed by atoms with van der Waals surface area (Å²) < 4.78 is 0. The van der Waals surface area contributed by atoms with Gasteiger partial charge >= 0.3 is 0 Å². The second-order valence-electron chi connectivity index (χ2n) is 7.90. The summed E-state index contributed by atoms with van der Waals surface area (Å²) in [7, 11) is 0. The first-order valence-electron chi connectivity index (χ1n) is 7.14. The van der Waals surface area contributed by atoms with Crippen LogP contribution in [-0.4, -0.2) is 36.6 Å². The van der Waals surface area contributed by atoms with E-state index in [1.165, 1.54) is 32.6 Å². The zero-order valence-electron chi connectivity index (χ0n) is 12.6. The third-order valence-corrected chi connectivity index (χ3v) is 5.63. The van der Waals surface area contributed by atoms with Gasteiger partial charge in [-0.3, -0.25) is 0 Å². The van der Waals surface area contributed by atoms with Gasteiger partial charge in [0.05, 0.1) is 0 Å². The molecular weight excluding hydrogens is 208 g/mol. The fourth-order valence-electron chi connectivity index (χ4n) is 3.63. The maximum Gasteiger partial charge on any atom is 0.0252 e. The van der Waals surface area contributed by atoms with Gasteiger partial charge in [-0.2, -0.15) is 0 Å². The van der Waals surface area contributed by atoms with Crippen LogP contribution in [0.3, 0.4) is 0 Å². The molecular formula is C15H30N2. The quantitative estimate of drug-likeness (QED) is 0.796. The summed E-state index contributed by atoms with van der Waals surface area (Å²) >= 11 is 0. The maximum atomic E-state index is 3.64. The van der Waals surface area contributed by atoms with E-state index in [9.17, 15) is 0 Å². The molecule has 0 unspecified atom stereocenters. The Kier molecular flexibility index (Phi) is 3.11. The first-order chi connectivity index (χ1) is 7.67. The minimum absolute atomic E-state index is 0.277. The molecule has 0 aromatic carbocycles. The molecule has 0 aromatic heterocycles. The average molecular weight is 238 g/mol. The van der Waals surface area contributed by atoms with Crippen LogP contribution in [-0.2, 0) is 0 Å². The third kappa shape index (κ3) is 2.39. The van der Waals surface area contributed by atoms with Crippen LogP contribution in [0.4, 0.5) is 0 Å². The highest BCUT2D eigenvalue weighted by molar-refractivity contribution is 5.13. The summed E-state index contributed by atoms with van der Waals surface area (Å²) in [6.45, 7) is 19.3. The Morgan fingerprint density at radius 3 is 2.18 bits per heavy atom. The molecule has 17 heavy (non-hydrogen) atoms. The molecule has 1 saturated heterocycles. The van der Waals surface area contributed by atoms with Crippen LogP contribution in [0, 0.1) is 16.7 Å². The van der Waals surface area contributed by atoms with Crippen LogP contribution in [0.25, 0.3) is 0 Å². The zero-order chi connectivity index (χ0) is 12.9. The zero-order valence-corrected chi connectivity index (χ0v) is 12.6. The van der Waals surface area contributed by atoms with Crippen molar-refractivity contribution in [3.63, 3.8) is 0 Å². The van der Waals surface area contributed by atoms with Gasteiger partial charge in [-0.1, -0.05) is 27.7 Å². The van der Waals surface area contributed by atoms with Gasteiger partial charge in [0.25, 0.3) is 0 Å². The van der Waals surface area contributed by atoms with E-state index in [0.717, 1.165) is 5.92 Å². The second-order valence-corrected chi connectivity index (χ2v) is 7.90. The lowest BCUT2D eigenvalue weighted by atomic mass is 10.0. The summed E-state index contributed by atoms with van der Waals surface area (Å²) in [5, 5.41) is 3.64. The number of nitrogens with one attached hydrogen (secondary N) is 1. The maximum absolute atomic E-state index is 3.64. The molecule has 0 bridgehead atoms. The summed E-state index contributed by atoms with van der Waals surface area (Å²) in [6.07, 6.45) is 1.29. The Hall–Kier alpha value is -0.0800. The molecule has 0 amide bonds. The molecule has 1 heterocycles.